The molecule has 6 heteroatoms. The Kier molecular flexibility index (Phi) is 5.17. The number of hydrogen-bond acceptors (Lipinski definition) is 4. The Labute approximate surface area is 112 Å². The molecule has 0 bridgehead atoms. The molecule has 0 aliphatic heterocycles. The highest BCUT2D eigenvalue weighted by Crippen LogP contribution is 2.27. The summed E-state index contributed by atoms with van der Waals surface area (Å²) in [6.07, 6.45) is 0. The molecule has 0 saturated carbocycles. The van der Waals surface area contributed by atoms with Gasteiger partial charge < -0.3 is 21.1 Å². The molecule has 0 unspecified atom stereocenters. The maximum atomic E-state index is 11.6. The van der Waals surface area contributed by atoms with Crippen molar-refractivity contribution < 1.29 is 14.7 Å². The van der Waals surface area contributed by atoms with E-state index in [2.05, 4.69) is 5.32 Å². The summed E-state index contributed by atoms with van der Waals surface area (Å²) in [6.45, 7) is 4.78. The predicted molar refractivity (Wildman–Crippen MR) is 74.4 cm³/mol. The van der Waals surface area contributed by atoms with Crippen molar-refractivity contribution in [2.45, 2.75) is 13.8 Å². The number of aromatic carboxylic acids is 1. The molecule has 0 aliphatic rings. The summed E-state index contributed by atoms with van der Waals surface area (Å²) in [5, 5.41) is 11.9. The maximum absolute atomic E-state index is 11.6. The molecule has 0 fully saturated rings. The van der Waals surface area contributed by atoms with Crippen molar-refractivity contribution >= 4 is 23.3 Å². The lowest BCUT2D eigenvalue weighted by Gasteiger charge is -2.25. The highest BCUT2D eigenvalue weighted by molar-refractivity contribution is 5.99. The summed E-state index contributed by atoms with van der Waals surface area (Å²) in [5.74, 6) is -1.22. The third-order valence-electron chi connectivity index (χ3n) is 2.70. The van der Waals surface area contributed by atoms with Crippen LogP contribution < -0.4 is 16.0 Å². The van der Waals surface area contributed by atoms with Crippen molar-refractivity contribution in [3.05, 3.63) is 23.8 Å². The van der Waals surface area contributed by atoms with Crippen LogP contribution in [0.1, 0.15) is 24.2 Å². The molecule has 1 aromatic rings. The van der Waals surface area contributed by atoms with Crippen LogP contribution in [0.3, 0.4) is 0 Å². The van der Waals surface area contributed by atoms with Gasteiger partial charge in [0, 0.05) is 13.1 Å². The van der Waals surface area contributed by atoms with Gasteiger partial charge in [0.2, 0.25) is 5.91 Å². The van der Waals surface area contributed by atoms with Crippen molar-refractivity contribution in [2.24, 2.45) is 0 Å². The number of para-hydroxylation sites is 1. The summed E-state index contributed by atoms with van der Waals surface area (Å²) in [6, 6.07) is 4.69. The van der Waals surface area contributed by atoms with Gasteiger partial charge in [0.25, 0.3) is 0 Å². The fraction of sp³-hybridized carbons (Fsp3) is 0.385. The normalized spacial score (nSPS) is 10.0. The van der Waals surface area contributed by atoms with Gasteiger partial charge in [0.15, 0.2) is 0 Å². The van der Waals surface area contributed by atoms with Crippen molar-refractivity contribution in [1.29, 1.82) is 0 Å². The summed E-state index contributed by atoms with van der Waals surface area (Å²) in [5.41, 5.74) is 6.70. The fourth-order valence-electron chi connectivity index (χ4n) is 1.86. The number of anilines is 2. The molecular formula is C13H19N3O3. The first-order valence-electron chi connectivity index (χ1n) is 6.14. The Morgan fingerprint density at radius 1 is 1.37 bits per heavy atom. The van der Waals surface area contributed by atoms with Crippen molar-refractivity contribution in [3.8, 4) is 0 Å². The second-order valence-corrected chi connectivity index (χ2v) is 4.02. The number of carbonyl (C=O) groups is 2. The average Bonchev–Trinajstić information content (AvgIpc) is 2.36. The van der Waals surface area contributed by atoms with Gasteiger partial charge in [0.1, 0.15) is 0 Å². The van der Waals surface area contributed by atoms with Gasteiger partial charge in [-0.15, -0.1) is 0 Å². The molecule has 1 amide bonds. The number of nitrogens with one attached hydrogen (secondary N) is 1. The lowest BCUT2D eigenvalue weighted by atomic mass is 10.1. The first-order chi connectivity index (χ1) is 9.01. The van der Waals surface area contributed by atoms with Crippen LogP contribution >= 0.6 is 0 Å². The van der Waals surface area contributed by atoms with Crippen molar-refractivity contribution in [3.63, 3.8) is 0 Å². The Hall–Kier alpha value is -2.24. The molecule has 0 spiro atoms. The lowest BCUT2D eigenvalue weighted by molar-refractivity contribution is -0.119. The minimum atomic E-state index is -1.06. The second kappa shape index (κ2) is 6.63. The maximum Gasteiger partial charge on any atom is 0.337 e. The van der Waals surface area contributed by atoms with Gasteiger partial charge in [0.05, 0.1) is 23.5 Å². The van der Waals surface area contributed by atoms with Crippen molar-refractivity contribution in [1.82, 2.24) is 5.32 Å². The molecule has 0 heterocycles. The fourth-order valence-corrected chi connectivity index (χ4v) is 1.86. The average molecular weight is 265 g/mol. The Balaban J connectivity index is 3.10. The smallest absolute Gasteiger partial charge is 0.337 e. The number of carboxylic acids is 1. The minimum Gasteiger partial charge on any atom is -0.478 e. The first-order valence-corrected chi connectivity index (χ1v) is 6.14. The van der Waals surface area contributed by atoms with E-state index in [1.54, 1.807) is 17.0 Å². The number of nitrogen functional groups attached to an aromatic ring is 1. The van der Waals surface area contributed by atoms with Gasteiger partial charge in [-0.2, -0.15) is 0 Å². The number of rotatable bonds is 6. The number of nitrogens with zero attached hydrogens (tertiary/aromatic N) is 1. The van der Waals surface area contributed by atoms with E-state index in [0.717, 1.165) is 0 Å². The Bertz CT molecular complexity index is 474. The first kappa shape index (κ1) is 14.8. The van der Waals surface area contributed by atoms with Crippen LogP contribution in [-0.4, -0.2) is 36.6 Å². The molecule has 19 heavy (non-hydrogen) atoms. The van der Waals surface area contributed by atoms with Gasteiger partial charge in [-0.1, -0.05) is 6.07 Å². The molecule has 0 aromatic heterocycles. The minimum absolute atomic E-state index is 0.0822. The number of amides is 1. The predicted octanol–water partition coefficient (Wildman–Crippen LogP) is 0.929. The van der Waals surface area contributed by atoms with E-state index >= 15 is 0 Å². The van der Waals surface area contributed by atoms with E-state index in [1.807, 2.05) is 13.8 Å². The van der Waals surface area contributed by atoms with Crippen LogP contribution in [-0.2, 0) is 4.79 Å². The molecule has 0 atom stereocenters. The van der Waals surface area contributed by atoms with Crippen LogP contribution in [0.5, 0.6) is 0 Å². The number of carboxylic acid groups (broad SMARTS) is 1. The zero-order chi connectivity index (χ0) is 14.4. The third-order valence-corrected chi connectivity index (χ3v) is 2.70. The number of carbonyl (C=O) groups excluding carboxylic acids is 1. The molecule has 0 saturated heterocycles. The Morgan fingerprint density at radius 2 is 2.05 bits per heavy atom. The molecule has 6 nitrogen and oxygen atoms in total. The summed E-state index contributed by atoms with van der Waals surface area (Å²) in [7, 11) is 0. The van der Waals surface area contributed by atoms with Crippen molar-refractivity contribution in [2.75, 3.05) is 30.3 Å². The summed E-state index contributed by atoms with van der Waals surface area (Å²) >= 11 is 0. The molecule has 1 aromatic carbocycles. The highest BCUT2D eigenvalue weighted by Gasteiger charge is 2.19. The Morgan fingerprint density at radius 3 is 2.58 bits per heavy atom. The monoisotopic (exact) mass is 265 g/mol. The van der Waals surface area contributed by atoms with Gasteiger partial charge >= 0.3 is 5.97 Å². The van der Waals surface area contributed by atoms with E-state index in [9.17, 15) is 14.7 Å². The summed E-state index contributed by atoms with van der Waals surface area (Å²) in [4.78, 5) is 24.5. The standard InChI is InChI=1S/C13H19N3O3/c1-3-15-11(17)8-16(4-2)12-9(13(18)19)6-5-7-10(12)14/h5-7H,3-4,8,14H2,1-2H3,(H,15,17)(H,18,19). The van der Waals surface area contributed by atoms with E-state index in [4.69, 9.17) is 5.73 Å². The molecule has 0 radical (unpaired) electrons. The van der Waals surface area contributed by atoms with Crippen LogP contribution in [0.2, 0.25) is 0 Å². The zero-order valence-electron chi connectivity index (χ0n) is 11.1. The molecule has 4 N–H and O–H groups in total. The van der Waals surface area contributed by atoms with Gasteiger partial charge in [-0.3, -0.25) is 4.79 Å². The van der Waals surface area contributed by atoms with Gasteiger partial charge in [-0.25, -0.2) is 4.79 Å². The highest BCUT2D eigenvalue weighted by atomic mass is 16.4. The SMILES string of the molecule is CCNC(=O)CN(CC)c1c(N)cccc1C(=O)O. The number of nitrogens with two attached hydrogens (primary N) is 1. The lowest BCUT2D eigenvalue weighted by Crippen LogP contribution is -2.38. The molecule has 1 rings (SSSR count). The number of benzene rings is 1. The van der Waals surface area contributed by atoms with Crippen LogP contribution in [0.25, 0.3) is 0 Å². The molecular weight excluding hydrogens is 246 g/mol. The van der Waals surface area contributed by atoms with Gasteiger partial charge in [-0.05, 0) is 26.0 Å². The van der Waals surface area contributed by atoms with E-state index in [0.29, 0.717) is 24.5 Å². The molecule has 104 valence electrons. The van der Waals surface area contributed by atoms with E-state index < -0.39 is 5.97 Å². The van der Waals surface area contributed by atoms with Crippen LogP contribution in [0.15, 0.2) is 18.2 Å². The quantitative estimate of drug-likeness (QED) is 0.665. The largest absolute Gasteiger partial charge is 0.478 e. The molecule has 0 aliphatic carbocycles. The number of likely N-dealkylation sites (N-methyl/N-ethyl adjacent to an activating group) is 2. The zero-order valence-corrected chi connectivity index (χ0v) is 11.1. The number of hydrogen-bond donors (Lipinski definition) is 3. The van der Waals surface area contributed by atoms with E-state index in [1.165, 1.54) is 6.07 Å². The second-order valence-electron chi connectivity index (χ2n) is 4.02. The van der Waals surface area contributed by atoms with E-state index in [-0.39, 0.29) is 18.0 Å². The third kappa shape index (κ3) is 3.61. The topological polar surface area (TPSA) is 95.7 Å². The summed E-state index contributed by atoms with van der Waals surface area (Å²) < 4.78 is 0. The van der Waals surface area contributed by atoms with Crippen LogP contribution in [0.4, 0.5) is 11.4 Å². The van der Waals surface area contributed by atoms with Crippen LogP contribution in [0, 0.1) is 0 Å².